The zero-order chi connectivity index (χ0) is 14.5. The second-order valence-corrected chi connectivity index (χ2v) is 5.36. The molecular weight excluding hydrogens is 387 g/mol. The molecule has 1 fully saturated rings. The number of likely N-dealkylation sites (tertiary alicyclic amines) is 1. The Balaban J connectivity index is 0.00000220. The molecule has 0 aromatic heterocycles. The number of piperidine rings is 1. The number of aliphatic imine (C=N–C) groups is 1. The van der Waals surface area contributed by atoms with E-state index in [1.807, 2.05) is 4.90 Å². The van der Waals surface area contributed by atoms with Gasteiger partial charge in [0.05, 0.1) is 0 Å². The number of halogens is 3. The van der Waals surface area contributed by atoms with Gasteiger partial charge in [-0.3, -0.25) is 4.99 Å². The average Bonchev–Trinajstić information content (AvgIpc) is 2.42. The van der Waals surface area contributed by atoms with Crippen LogP contribution in [0.5, 0.6) is 0 Å². The predicted molar refractivity (Wildman–Crippen MR) is 91.9 cm³/mol. The smallest absolute Gasteiger partial charge is 0.191 e. The number of rotatable bonds is 3. The van der Waals surface area contributed by atoms with Gasteiger partial charge in [0.1, 0.15) is 11.6 Å². The van der Waals surface area contributed by atoms with E-state index in [9.17, 15) is 8.78 Å². The molecule has 0 bridgehead atoms. The van der Waals surface area contributed by atoms with Crippen molar-refractivity contribution in [1.29, 1.82) is 0 Å². The summed E-state index contributed by atoms with van der Waals surface area (Å²) >= 11 is 0. The molecule has 0 atom stereocenters. The zero-order valence-electron chi connectivity index (χ0n) is 12.2. The minimum Gasteiger partial charge on any atom is -0.370 e. The molecule has 1 heterocycles. The Labute approximate surface area is 141 Å². The maximum atomic E-state index is 13.4. The number of hydrogen-bond acceptors (Lipinski definition) is 1. The highest BCUT2D eigenvalue weighted by Gasteiger charge is 2.17. The van der Waals surface area contributed by atoms with Gasteiger partial charge < -0.3 is 10.6 Å². The van der Waals surface area contributed by atoms with Crippen LogP contribution in [0, 0.1) is 17.6 Å². The lowest BCUT2D eigenvalue weighted by Crippen LogP contribution is -2.42. The minimum absolute atomic E-state index is 0. The lowest BCUT2D eigenvalue weighted by Gasteiger charge is -2.31. The van der Waals surface area contributed by atoms with Crippen molar-refractivity contribution in [3.05, 3.63) is 35.4 Å². The van der Waals surface area contributed by atoms with Crippen molar-refractivity contribution in [3.8, 4) is 0 Å². The van der Waals surface area contributed by atoms with Crippen LogP contribution in [-0.4, -0.2) is 30.5 Å². The van der Waals surface area contributed by atoms with E-state index in [2.05, 4.69) is 11.9 Å². The molecule has 1 aliphatic rings. The third kappa shape index (κ3) is 5.09. The zero-order valence-corrected chi connectivity index (χ0v) is 14.5. The van der Waals surface area contributed by atoms with Crippen LogP contribution in [0.3, 0.4) is 0 Å². The first-order valence-electron chi connectivity index (χ1n) is 7.05. The van der Waals surface area contributed by atoms with Crippen LogP contribution in [0.4, 0.5) is 8.78 Å². The van der Waals surface area contributed by atoms with Crippen molar-refractivity contribution < 1.29 is 8.78 Å². The summed E-state index contributed by atoms with van der Waals surface area (Å²) in [5.74, 6) is 0.163. The highest BCUT2D eigenvalue weighted by molar-refractivity contribution is 14.0. The molecular formula is C15H22F2IN3. The van der Waals surface area contributed by atoms with E-state index in [0.29, 0.717) is 12.5 Å². The molecule has 1 aromatic carbocycles. The fraction of sp³-hybridized carbons (Fsp3) is 0.533. The number of benzene rings is 1. The van der Waals surface area contributed by atoms with E-state index in [0.717, 1.165) is 31.8 Å². The summed E-state index contributed by atoms with van der Waals surface area (Å²) in [6, 6.07) is 3.88. The second-order valence-electron chi connectivity index (χ2n) is 5.36. The fourth-order valence-electron chi connectivity index (χ4n) is 2.39. The first-order chi connectivity index (χ1) is 9.58. The highest BCUT2D eigenvalue weighted by Crippen LogP contribution is 2.16. The molecule has 1 aromatic rings. The van der Waals surface area contributed by atoms with E-state index in [4.69, 9.17) is 5.73 Å². The van der Waals surface area contributed by atoms with Crippen molar-refractivity contribution in [2.75, 3.05) is 19.6 Å². The Morgan fingerprint density at radius 1 is 1.29 bits per heavy atom. The van der Waals surface area contributed by atoms with Crippen LogP contribution in [0.15, 0.2) is 23.2 Å². The first-order valence-corrected chi connectivity index (χ1v) is 7.05. The molecule has 0 saturated carbocycles. The number of hydrogen-bond donors (Lipinski definition) is 1. The van der Waals surface area contributed by atoms with Crippen LogP contribution in [0.1, 0.15) is 25.3 Å². The van der Waals surface area contributed by atoms with Gasteiger partial charge in [-0.25, -0.2) is 8.78 Å². The lowest BCUT2D eigenvalue weighted by atomic mass is 10.00. The Bertz CT molecular complexity index is 466. The van der Waals surface area contributed by atoms with E-state index in [1.54, 1.807) is 0 Å². The van der Waals surface area contributed by atoms with Crippen molar-refractivity contribution in [1.82, 2.24) is 4.90 Å². The molecule has 0 aliphatic carbocycles. The molecule has 0 amide bonds. The van der Waals surface area contributed by atoms with Gasteiger partial charge in [0.2, 0.25) is 0 Å². The van der Waals surface area contributed by atoms with E-state index in [-0.39, 0.29) is 36.0 Å². The van der Waals surface area contributed by atoms with Crippen LogP contribution in [0.2, 0.25) is 0 Å². The maximum absolute atomic E-state index is 13.4. The van der Waals surface area contributed by atoms with Gasteiger partial charge in [0.25, 0.3) is 0 Å². The third-order valence-corrected chi connectivity index (χ3v) is 3.80. The quantitative estimate of drug-likeness (QED) is 0.474. The van der Waals surface area contributed by atoms with Gasteiger partial charge in [0, 0.05) is 25.2 Å². The molecule has 0 radical (unpaired) electrons. The number of guanidine groups is 1. The summed E-state index contributed by atoms with van der Waals surface area (Å²) in [6.07, 6.45) is 2.44. The number of nitrogens with two attached hydrogens (primary N) is 1. The van der Waals surface area contributed by atoms with Crippen molar-refractivity contribution in [2.24, 2.45) is 16.6 Å². The number of nitrogens with zero attached hydrogens (tertiary/aromatic N) is 2. The van der Waals surface area contributed by atoms with Crippen LogP contribution < -0.4 is 5.73 Å². The molecule has 1 aliphatic heterocycles. The van der Waals surface area contributed by atoms with E-state index >= 15 is 0 Å². The van der Waals surface area contributed by atoms with Crippen LogP contribution >= 0.6 is 24.0 Å². The summed E-state index contributed by atoms with van der Waals surface area (Å²) < 4.78 is 26.9. The summed E-state index contributed by atoms with van der Waals surface area (Å²) in [6.45, 7) is 4.34. The van der Waals surface area contributed by atoms with E-state index in [1.165, 1.54) is 18.2 Å². The molecule has 6 heteroatoms. The molecule has 2 N–H and O–H groups in total. The Kier molecular flexibility index (Phi) is 7.34. The largest absolute Gasteiger partial charge is 0.370 e. The van der Waals surface area contributed by atoms with Crippen molar-refractivity contribution in [2.45, 2.75) is 26.2 Å². The van der Waals surface area contributed by atoms with Gasteiger partial charge in [-0.05, 0) is 37.3 Å². The molecule has 2 rings (SSSR count). The van der Waals surface area contributed by atoms with Crippen LogP contribution in [0.25, 0.3) is 0 Å². The van der Waals surface area contributed by atoms with Gasteiger partial charge in [0.15, 0.2) is 5.96 Å². The van der Waals surface area contributed by atoms with Gasteiger partial charge in [-0.2, -0.15) is 0 Å². The van der Waals surface area contributed by atoms with Gasteiger partial charge in [-0.1, -0.05) is 13.0 Å². The molecule has 1 saturated heterocycles. The third-order valence-electron chi connectivity index (χ3n) is 3.80. The second kappa shape index (κ2) is 8.51. The first kappa shape index (κ1) is 18.1. The molecule has 3 nitrogen and oxygen atoms in total. The van der Waals surface area contributed by atoms with Crippen molar-refractivity contribution >= 4 is 29.9 Å². The minimum atomic E-state index is -0.523. The van der Waals surface area contributed by atoms with Gasteiger partial charge in [-0.15, -0.1) is 24.0 Å². The monoisotopic (exact) mass is 409 g/mol. The van der Waals surface area contributed by atoms with Crippen molar-refractivity contribution in [3.63, 3.8) is 0 Å². The Hall–Kier alpha value is -0.920. The lowest BCUT2D eigenvalue weighted by molar-refractivity contribution is 0.277. The van der Waals surface area contributed by atoms with Gasteiger partial charge >= 0.3 is 0 Å². The molecule has 21 heavy (non-hydrogen) atoms. The predicted octanol–water partition coefficient (Wildman–Crippen LogP) is 3.17. The van der Waals surface area contributed by atoms with E-state index < -0.39 is 11.6 Å². The SMILES string of the molecule is CC1CCN(C(N)=NCCc2c(F)cccc2F)CC1.I. The fourth-order valence-corrected chi connectivity index (χ4v) is 2.39. The highest BCUT2D eigenvalue weighted by atomic mass is 127. The Morgan fingerprint density at radius 2 is 1.86 bits per heavy atom. The normalized spacial score (nSPS) is 16.7. The molecule has 0 unspecified atom stereocenters. The Morgan fingerprint density at radius 3 is 2.43 bits per heavy atom. The molecule has 0 spiro atoms. The summed E-state index contributed by atoms with van der Waals surface area (Å²) in [4.78, 5) is 6.28. The maximum Gasteiger partial charge on any atom is 0.191 e. The summed E-state index contributed by atoms with van der Waals surface area (Å²) in [5.41, 5.74) is 6.00. The summed E-state index contributed by atoms with van der Waals surface area (Å²) in [7, 11) is 0. The topological polar surface area (TPSA) is 41.6 Å². The average molecular weight is 409 g/mol. The standard InChI is InChI=1S/C15H21F2N3.HI/c1-11-6-9-20(10-7-11)15(18)19-8-5-12-13(16)3-2-4-14(12)17;/h2-4,11H,5-10H2,1H3,(H2,18,19);1H. The molecule has 118 valence electrons. The summed E-state index contributed by atoms with van der Waals surface area (Å²) in [5, 5.41) is 0. The van der Waals surface area contributed by atoms with Crippen LogP contribution in [-0.2, 0) is 6.42 Å².